The third-order valence-electron chi connectivity index (χ3n) is 3.79. The number of aliphatic hydroxyl groups excluding tert-OH is 1. The van der Waals surface area contributed by atoms with Gasteiger partial charge in [0.25, 0.3) is 0 Å². The largest absolute Gasteiger partial charge is 0.396 e. The minimum absolute atomic E-state index is 0.117. The normalized spacial score (nSPS) is 15.4. The highest BCUT2D eigenvalue weighted by molar-refractivity contribution is 6.30. The number of halogens is 1. The minimum atomic E-state index is 0.117. The molecule has 4 nitrogen and oxygen atoms in total. The van der Waals surface area contributed by atoms with Gasteiger partial charge in [0.2, 0.25) is 0 Å². The van der Waals surface area contributed by atoms with E-state index in [1.54, 1.807) is 0 Å². The summed E-state index contributed by atoms with van der Waals surface area (Å²) in [5.74, 6) is 2.22. The third kappa shape index (κ3) is 4.06. The fourth-order valence-corrected chi connectivity index (χ4v) is 2.35. The molecule has 0 unspecified atom stereocenters. The lowest BCUT2D eigenvalue weighted by Gasteiger charge is -2.25. The third-order valence-corrected chi connectivity index (χ3v) is 4.16. The quantitative estimate of drug-likeness (QED) is 0.756. The van der Waals surface area contributed by atoms with Crippen LogP contribution in [0.25, 0.3) is 0 Å². The molecule has 5 heteroatoms. The number of hydrogen-bond donors (Lipinski definition) is 2. The number of nitrogens with one attached hydrogen (secondary N) is 1. The Balaban J connectivity index is 2.04. The number of aromatic nitrogens is 2. The Hall–Kier alpha value is -0.870. The zero-order valence-corrected chi connectivity index (χ0v) is 13.3. The molecule has 1 aliphatic rings. The minimum Gasteiger partial charge on any atom is -0.396 e. The summed E-state index contributed by atoms with van der Waals surface area (Å²) in [6.45, 7) is 7.38. The Morgan fingerprint density at radius 2 is 2.05 bits per heavy atom. The van der Waals surface area contributed by atoms with E-state index in [-0.39, 0.29) is 12.0 Å². The summed E-state index contributed by atoms with van der Waals surface area (Å²) in [6, 6.07) is 0. The molecule has 0 spiro atoms. The first-order valence-electron chi connectivity index (χ1n) is 7.32. The zero-order valence-electron chi connectivity index (χ0n) is 12.5. The first kappa shape index (κ1) is 15.5. The Kier molecular flexibility index (Phi) is 4.86. The summed E-state index contributed by atoms with van der Waals surface area (Å²) in [4.78, 5) is 8.99. The Labute approximate surface area is 126 Å². The molecular weight excluding hydrogens is 274 g/mol. The topological polar surface area (TPSA) is 58.0 Å². The monoisotopic (exact) mass is 297 g/mol. The summed E-state index contributed by atoms with van der Waals surface area (Å²) in [7, 11) is 0. The van der Waals surface area contributed by atoms with Crippen molar-refractivity contribution >= 4 is 17.4 Å². The summed E-state index contributed by atoms with van der Waals surface area (Å²) >= 11 is 6.20. The Bertz CT molecular complexity index is 472. The van der Waals surface area contributed by atoms with Gasteiger partial charge in [-0.1, -0.05) is 25.4 Å². The van der Waals surface area contributed by atoms with Gasteiger partial charge in [0.05, 0.1) is 0 Å². The first-order valence-corrected chi connectivity index (χ1v) is 7.69. The molecule has 0 saturated heterocycles. The van der Waals surface area contributed by atoms with Gasteiger partial charge >= 0.3 is 0 Å². The van der Waals surface area contributed by atoms with Crippen molar-refractivity contribution in [1.82, 2.24) is 9.97 Å². The molecule has 1 fully saturated rings. The van der Waals surface area contributed by atoms with Crippen LogP contribution in [0.1, 0.15) is 56.8 Å². The van der Waals surface area contributed by atoms with Crippen LogP contribution in [0.15, 0.2) is 0 Å². The Morgan fingerprint density at radius 1 is 1.35 bits per heavy atom. The number of aliphatic hydroxyl groups is 1. The standard InChI is InChI=1S/C15H24ClN3O/c1-10-12(16)18-14(11-5-6-11)19-13(10)17-9-15(2,3)7-4-8-20/h11,20H,4-9H2,1-3H3,(H,17,18,19). The second kappa shape index (κ2) is 6.27. The van der Waals surface area contributed by atoms with Crippen molar-refractivity contribution in [3.63, 3.8) is 0 Å². The van der Waals surface area contributed by atoms with Crippen molar-refractivity contribution in [3.8, 4) is 0 Å². The van der Waals surface area contributed by atoms with Crippen molar-refractivity contribution in [2.75, 3.05) is 18.5 Å². The first-order chi connectivity index (χ1) is 9.43. The van der Waals surface area contributed by atoms with Gasteiger partial charge in [0, 0.05) is 24.6 Å². The van der Waals surface area contributed by atoms with E-state index in [1.165, 1.54) is 12.8 Å². The molecule has 20 heavy (non-hydrogen) atoms. The van der Waals surface area contributed by atoms with Crippen LogP contribution in [-0.2, 0) is 0 Å². The predicted molar refractivity (Wildman–Crippen MR) is 82.3 cm³/mol. The van der Waals surface area contributed by atoms with Crippen molar-refractivity contribution in [1.29, 1.82) is 0 Å². The van der Waals surface area contributed by atoms with E-state index in [0.717, 1.165) is 36.6 Å². The van der Waals surface area contributed by atoms with Gasteiger partial charge in [0.1, 0.15) is 16.8 Å². The highest BCUT2D eigenvalue weighted by atomic mass is 35.5. The lowest BCUT2D eigenvalue weighted by molar-refractivity contribution is 0.248. The lowest BCUT2D eigenvalue weighted by atomic mass is 9.88. The molecule has 1 heterocycles. The summed E-state index contributed by atoms with van der Waals surface area (Å²) in [5.41, 5.74) is 1.03. The molecule has 1 aromatic heterocycles. The van der Waals surface area contributed by atoms with E-state index in [9.17, 15) is 0 Å². The maximum absolute atomic E-state index is 8.94. The number of rotatable bonds is 7. The van der Waals surface area contributed by atoms with Gasteiger partial charge in [-0.2, -0.15) is 0 Å². The molecule has 112 valence electrons. The smallest absolute Gasteiger partial charge is 0.137 e. The van der Waals surface area contributed by atoms with Gasteiger partial charge in [-0.15, -0.1) is 0 Å². The van der Waals surface area contributed by atoms with Crippen LogP contribution < -0.4 is 5.32 Å². The highest BCUT2D eigenvalue weighted by Crippen LogP contribution is 2.39. The fourth-order valence-electron chi connectivity index (χ4n) is 2.17. The molecule has 1 aliphatic carbocycles. The van der Waals surface area contributed by atoms with E-state index in [4.69, 9.17) is 16.7 Å². The van der Waals surface area contributed by atoms with E-state index < -0.39 is 0 Å². The summed E-state index contributed by atoms with van der Waals surface area (Å²) in [5, 5.41) is 12.9. The van der Waals surface area contributed by atoms with Gasteiger partial charge < -0.3 is 10.4 Å². The van der Waals surface area contributed by atoms with Gasteiger partial charge in [0.15, 0.2) is 0 Å². The summed E-state index contributed by atoms with van der Waals surface area (Å²) < 4.78 is 0. The number of hydrogen-bond acceptors (Lipinski definition) is 4. The molecule has 2 N–H and O–H groups in total. The van der Waals surface area contributed by atoms with Crippen LogP contribution in [-0.4, -0.2) is 28.2 Å². The maximum Gasteiger partial charge on any atom is 0.137 e. The number of nitrogens with zero attached hydrogens (tertiary/aromatic N) is 2. The fraction of sp³-hybridized carbons (Fsp3) is 0.733. The van der Waals surface area contributed by atoms with Crippen molar-refractivity contribution in [2.45, 2.75) is 52.4 Å². The van der Waals surface area contributed by atoms with E-state index in [2.05, 4.69) is 29.1 Å². The SMILES string of the molecule is Cc1c(Cl)nc(C2CC2)nc1NCC(C)(C)CCCO. The van der Waals surface area contributed by atoms with E-state index in [0.29, 0.717) is 11.1 Å². The molecule has 0 amide bonds. The Morgan fingerprint density at radius 3 is 2.65 bits per heavy atom. The van der Waals surface area contributed by atoms with Gasteiger partial charge in [-0.05, 0) is 38.0 Å². The molecule has 2 rings (SSSR count). The molecule has 0 bridgehead atoms. The van der Waals surface area contributed by atoms with Crippen LogP contribution in [0.4, 0.5) is 5.82 Å². The van der Waals surface area contributed by atoms with Crippen LogP contribution >= 0.6 is 11.6 Å². The van der Waals surface area contributed by atoms with Crippen molar-refractivity contribution in [2.24, 2.45) is 5.41 Å². The molecule has 0 aliphatic heterocycles. The second-order valence-corrected chi connectivity index (χ2v) is 6.82. The molecular formula is C15H24ClN3O. The highest BCUT2D eigenvalue weighted by Gasteiger charge is 2.28. The van der Waals surface area contributed by atoms with Crippen LogP contribution in [0.3, 0.4) is 0 Å². The lowest BCUT2D eigenvalue weighted by Crippen LogP contribution is -2.24. The van der Waals surface area contributed by atoms with E-state index in [1.807, 2.05) is 6.92 Å². The average Bonchev–Trinajstić information content (AvgIpc) is 3.22. The number of anilines is 1. The van der Waals surface area contributed by atoms with Gasteiger partial charge in [-0.25, -0.2) is 9.97 Å². The molecule has 1 aromatic rings. The molecule has 0 atom stereocenters. The molecule has 0 radical (unpaired) electrons. The second-order valence-electron chi connectivity index (χ2n) is 6.47. The van der Waals surface area contributed by atoms with Crippen LogP contribution in [0.5, 0.6) is 0 Å². The van der Waals surface area contributed by atoms with Crippen molar-refractivity contribution < 1.29 is 5.11 Å². The zero-order chi connectivity index (χ0) is 14.8. The van der Waals surface area contributed by atoms with Gasteiger partial charge in [-0.3, -0.25) is 0 Å². The molecule has 1 saturated carbocycles. The maximum atomic E-state index is 8.94. The van der Waals surface area contributed by atoms with Crippen LogP contribution in [0, 0.1) is 12.3 Å². The van der Waals surface area contributed by atoms with Crippen LogP contribution in [0.2, 0.25) is 5.15 Å². The van der Waals surface area contributed by atoms with E-state index >= 15 is 0 Å². The molecule has 0 aromatic carbocycles. The average molecular weight is 298 g/mol. The van der Waals surface area contributed by atoms with Crippen molar-refractivity contribution in [3.05, 3.63) is 16.5 Å². The summed E-state index contributed by atoms with van der Waals surface area (Å²) in [6.07, 6.45) is 4.14. The predicted octanol–water partition coefficient (Wildman–Crippen LogP) is 3.53.